The van der Waals surface area contributed by atoms with E-state index in [0.717, 1.165) is 21.6 Å². The van der Waals surface area contributed by atoms with E-state index in [2.05, 4.69) is 113 Å². The molecule has 0 unspecified atom stereocenters. The summed E-state index contributed by atoms with van der Waals surface area (Å²) in [6.07, 6.45) is -0.650. The third-order valence-corrected chi connectivity index (χ3v) is 6.54. The van der Waals surface area contributed by atoms with Gasteiger partial charge in [-0.25, -0.2) is 4.39 Å². The first-order valence-corrected chi connectivity index (χ1v) is 13.3. The zero-order chi connectivity index (χ0) is 25.9. The SMILES string of the molecule is C[N+](C)(C)C.Fc1ccc(SCCC#C[B-](c2ccccc2)(c2ccccc2)c2ccccc2)cc1. The van der Waals surface area contributed by atoms with Crippen LogP contribution in [-0.2, 0) is 0 Å². The molecule has 1 nitrogen and oxygen atoms in total. The minimum Gasteiger partial charge on any atom is -0.333 e. The van der Waals surface area contributed by atoms with E-state index in [0.29, 0.717) is 0 Å². The molecule has 0 radical (unpaired) electrons. The van der Waals surface area contributed by atoms with Crippen molar-refractivity contribution in [2.75, 3.05) is 33.9 Å². The molecule has 0 N–H and O–H groups in total. The molecule has 0 aromatic heterocycles. The lowest BCUT2D eigenvalue weighted by atomic mass is 9.16. The van der Waals surface area contributed by atoms with Gasteiger partial charge in [-0.1, -0.05) is 91.0 Å². The average molecular weight is 496 g/mol. The number of rotatable bonds is 6. The zero-order valence-electron chi connectivity index (χ0n) is 21.7. The highest BCUT2D eigenvalue weighted by Crippen LogP contribution is 2.18. The summed E-state index contributed by atoms with van der Waals surface area (Å²) in [5.41, 5.74) is 3.66. The van der Waals surface area contributed by atoms with Crippen LogP contribution >= 0.6 is 11.8 Å². The van der Waals surface area contributed by atoms with E-state index in [4.69, 9.17) is 0 Å². The van der Waals surface area contributed by atoms with Gasteiger partial charge >= 0.3 is 0 Å². The van der Waals surface area contributed by atoms with E-state index in [1.807, 2.05) is 30.3 Å². The summed E-state index contributed by atoms with van der Waals surface area (Å²) in [6.45, 7) is 0. The second-order valence-corrected chi connectivity index (χ2v) is 11.3. The minimum absolute atomic E-state index is 0.204. The Balaban J connectivity index is 0.000000658. The number of hydrogen-bond donors (Lipinski definition) is 0. The number of halogens is 1. The maximum atomic E-state index is 13.1. The molecule has 0 bridgehead atoms. The third kappa shape index (κ3) is 8.16. The lowest BCUT2D eigenvalue weighted by molar-refractivity contribution is -0.849. The van der Waals surface area contributed by atoms with E-state index < -0.39 is 6.15 Å². The van der Waals surface area contributed by atoms with Crippen LogP contribution in [0.4, 0.5) is 4.39 Å². The van der Waals surface area contributed by atoms with Gasteiger partial charge in [0.25, 0.3) is 0 Å². The lowest BCUT2D eigenvalue weighted by Gasteiger charge is -2.38. The van der Waals surface area contributed by atoms with Crippen LogP contribution in [0.3, 0.4) is 0 Å². The van der Waals surface area contributed by atoms with Gasteiger partial charge in [-0.3, -0.25) is 5.82 Å². The molecule has 0 aliphatic heterocycles. The second-order valence-electron chi connectivity index (χ2n) is 10.2. The Morgan fingerprint density at radius 1 is 0.639 bits per heavy atom. The highest BCUT2D eigenvalue weighted by molar-refractivity contribution is 7.99. The van der Waals surface area contributed by atoms with E-state index in [-0.39, 0.29) is 5.82 Å². The maximum absolute atomic E-state index is 13.1. The molecule has 4 aromatic rings. The van der Waals surface area contributed by atoms with Crippen molar-refractivity contribution < 1.29 is 8.87 Å². The van der Waals surface area contributed by atoms with Crippen LogP contribution in [0, 0.1) is 17.6 Å². The van der Waals surface area contributed by atoms with Gasteiger partial charge in [0.1, 0.15) is 12.0 Å². The van der Waals surface area contributed by atoms with Crippen LogP contribution in [0.1, 0.15) is 6.42 Å². The molecule has 0 aliphatic rings. The molecule has 36 heavy (non-hydrogen) atoms. The summed E-state index contributed by atoms with van der Waals surface area (Å²) in [5, 5.41) is 0. The molecule has 0 amide bonds. The van der Waals surface area contributed by atoms with Crippen LogP contribution in [0.25, 0.3) is 0 Å². The molecule has 0 heterocycles. The van der Waals surface area contributed by atoms with Crippen molar-refractivity contribution in [1.29, 1.82) is 0 Å². The molecule has 4 aromatic carbocycles. The van der Waals surface area contributed by atoms with E-state index in [9.17, 15) is 4.39 Å². The second kappa shape index (κ2) is 13.2. The van der Waals surface area contributed by atoms with Gasteiger partial charge in [-0.15, -0.1) is 17.7 Å². The Bertz CT molecular complexity index is 1140. The van der Waals surface area contributed by atoms with Gasteiger partial charge in [0.2, 0.25) is 0 Å². The smallest absolute Gasteiger partial charge is 0.149 e. The number of nitrogens with zero attached hydrogens (tertiary/aromatic N) is 1. The fraction of sp³-hybridized carbons (Fsp3) is 0.188. The molecule has 0 atom stereocenters. The molecule has 0 aliphatic carbocycles. The zero-order valence-corrected chi connectivity index (χ0v) is 22.5. The Kier molecular flexibility index (Phi) is 9.99. The Labute approximate surface area is 220 Å². The van der Waals surface area contributed by atoms with Gasteiger partial charge in [-0.05, 0) is 24.3 Å². The van der Waals surface area contributed by atoms with Crippen molar-refractivity contribution in [1.82, 2.24) is 0 Å². The van der Waals surface area contributed by atoms with Crippen molar-refractivity contribution >= 4 is 34.3 Å². The standard InChI is InChI=1S/C28H23BFS.C4H12N/c30-27-18-20-28(21-19-27)31-23-11-10-22-29(24-12-4-1-5-13-24,25-14-6-2-7-15-25)26-16-8-3-9-17-26;1-5(2,3)4/h1-9,12-21H,11,23H2;1-4H3/q-1;+1. The van der Waals surface area contributed by atoms with Crippen LogP contribution in [0.5, 0.6) is 0 Å². The fourth-order valence-electron chi connectivity index (χ4n) is 4.03. The van der Waals surface area contributed by atoms with Gasteiger partial charge in [0, 0.05) is 17.1 Å². The third-order valence-electron chi connectivity index (χ3n) is 5.53. The normalized spacial score (nSPS) is 11.0. The van der Waals surface area contributed by atoms with E-state index >= 15 is 0 Å². The van der Waals surface area contributed by atoms with Gasteiger partial charge < -0.3 is 4.48 Å². The highest BCUT2D eigenvalue weighted by Gasteiger charge is 2.27. The highest BCUT2D eigenvalue weighted by atomic mass is 32.2. The van der Waals surface area contributed by atoms with Crippen LogP contribution in [0.15, 0.2) is 120 Å². The van der Waals surface area contributed by atoms with Crippen molar-refractivity contribution in [2.45, 2.75) is 11.3 Å². The molecular weight excluding hydrogens is 460 g/mol. The Hall–Kier alpha value is -3.26. The number of quaternary nitrogens is 1. The molecule has 4 heteroatoms. The van der Waals surface area contributed by atoms with Gasteiger partial charge in [-0.2, -0.15) is 16.4 Å². The number of hydrogen-bond acceptors (Lipinski definition) is 1. The first-order chi connectivity index (χ1) is 17.3. The molecular formula is C32H35BFNS. The Morgan fingerprint density at radius 2 is 1.03 bits per heavy atom. The van der Waals surface area contributed by atoms with Crippen LogP contribution < -0.4 is 16.4 Å². The topological polar surface area (TPSA) is 0 Å². The average Bonchev–Trinajstić information content (AvgIpc) is 2.88. The minimum atomic E-state index is -1.41. The fourth-order valence-corrected chi connectivity index (χ4v) is 4.80. The first kappa shape index (κ1) is 27.3. The summed E-state index contributed by atoms with van der Waals surface area (Å²) in [7, 11) is 8.50. The molecule has 184 valence electrons. The molecule has 0 saturated heterocycles. The predicted octanol–water partition coefficient (Wildman–Crippen LogP) is 5.34. The molecule has 0 spiro atoms. The summed E-state index contributed by atoms with van der Waals surface area (Å²) >= 11 is 1.70. The molecule has 0 saturated carbocycles. The summed E-state index contributed by atoms with van der Waals surface area (Å²) in [5.74, 6) is 7.86. The van der Waals surface area contributed by atoms with E-state index in [1.165, 1.54) is 28.5 Å². The number of thioether (sulfide) groups is 1. The van der Waals surface area contributed by atoms with E-state index in [1.54, 1.807) is 11.8 Å². The van der Waals surface area contributed by atoms with Gasteiger partial charge in [0.15, 0.2) is 0 Å². The Morgan fingerprint density at radius 3 is 1.42 bits per heavy atom. The first-order valence-electron chi connectivity index (χ1n) is 12.3. The lowest BCUT2D eigenvalue weighted by Crippen LogP contribution is -2.66. The van der Waals surface area contributed by atoms with Crippen molar-refractivity contribution in [2.24, 2.45) is 0 Å². The van der Waals surface area contributed by atoms with Crippen LogP contribution in [-0.4, -0.2) is 44.6 Å². The molecule has 4 rings (SSSR count). The van der Waals surface area contributed by atoms with Crippen LogP contribution in [0.2, 0.25) is 0 Å². The summed E-state index contributed by atoms with van der Waals surface area (Å²) in [4.78, 5) is 1.06. The van der Waals surface area contributed by atoms with Gasteiger partial charge in [0.05, 0.1) is 28.2 Å². The quantitative estimate of drug-likeness (QED) is 0.114. The molecule has 0 fully saturated rings. The summed E-state index contributed by atoms with van der Waals surface area (Å²) < 4.78 is 14.1. The summed E-state index contributed by atoms with van der Waals surface area (Å²) in [6, 6.07) is 38.4. The van der Waals surface area contributed by atoms with Crippen molar-refractivity contribution in [3.05, 3.63) is 121 Å². The maximum Gasteiger partial charge on any atom is 0.149 e. The largest absolute Gasteiger partial charge is 0.333 e. The van der Waals surface area contributed by atoms with Crippen molar-refractivity contribution in [3.63, 3.8) is 0 Å². The van der Waals surface area contributed by atoms with Crippen molar-refractivity contribution in [3.8, 4) is 11.7 Å². The monoisotopic (exact) mass is 495 g/mol. The predicted molar refractivity (Wildman–Crippen MR) is 157 cm³/mol. The number of benzene rings is 4.